The maximum absolute atomic E-state index is 12.7. The monoisotopic (exact) mass is 373 g/mol. The van der Waals surface area contributed by atoms with Crippen molar-refractivity contribution in [3.05, 3.63) is 23.9 Å². The van der Waals surface area contributed by atoms with Crippen molar-refractivity contribution in [1.82, 2.24) is 14.8 Å². The van der Waals surface area contributed by atoms with Crippen LogP contribution in [-0.2, 0) is 9.59 Å². The number of pyridine rings is 1. The predicted octanol–water partition coefficient (Wildman–Crippen LogP) is 0.842. The summed E-state index contributed by atoms with van der Waals surface area (Å²) in [5, 5.41) is 2.89. The first-order chi connectivity index (χ1) is 12.9. The van der Waals surface area contributed by atoms with Gasteiger partial charge in [0.2, 0.25) is 11.8 Å². The molecule has 1 atom stereocenters. The Morgan fingerprint density at radius 1 is 1.30 bits per heavy atom. The molecule has 1 aromatic rings. The average Bonchev–Trinajstić information content (AvgIpc) is 3.07. The fourth-order valence-corrected chi connectivity index (χ4v) is 3.61. The Morgan fingerprint density at radius 2 is 2.04 bits per heavy atom. The van der Waals surface area contributed by atoms with Gasteiger partial charge in [0.1, 0.15) is 11.9 Å². The van der Waals surface area contributed by atoms with Crippen molar-refractivity contribution in [2.75, 3.05) is 31.5 Å². The molecule has 0 unspecified atom stereocenters. The van der Waals surface area contributed by atoms with E-state index in [-0.39, 0.29) is 11.8 Å². The van der Waals surface area contributed by atoms with E-state index in [1.807, 2.05) is 9.80 Å². The van der Waals surface area contributed by atoms with Crippen LogP contribution >= 0.6 is 0 Å². The number of hydrogen-bond donors (Lipinski definition) is 2. The van der Waals surface area contributed by atoms with Crippen LogP contribution in [0.4, 0.5) is 5.82 Å². The van der Waals surface area contributed by atoms with Gasteiger partial charge in [-0.25, -0.2) is 4.98 Å². The van der Waals surface area contributed by atoms with Crippen LogP contribution in [0, 0.1) is 5.92 Å². The molecule has 2 saturated heterocycles. The van der Waals surface area contributed by atoms with E-state index in [2.05, 4.69) is 10.3 Å². The standard InChI is InChI=1S/C19H27N5O3/c1-13(18(20)26)22-16-5-4-15(11-21-16)19(27)23-9-6-14(7-10-23)12-24-8-2-3-17(24)25/h4-5,11,13-14H,2-3,6-10,12H2,1H3,(H2,20,26)(H,21,22)/t13-/m0/s1. The van der Waals surface area contributed by atoms with Crippen molar-refractivity contribution < 1.29 is 14.4 Å². The SMILES string of the molecule is C[C@H](Nc1ccc(C(=O)N2CCC(CN3CCCC3=O)CC2)cn1)C(N)=O. The van der Waals surface area contributed by atoms with Gasteiger partial charge in [-0.05, 0) is 44.2 Å². The van der Waals surface area contributed by atoms with E-state index in [0.717, 1.165) is 32.4 Å². The first-order valence-electron chi connectivity index (χ1n) is 9.53. The molecule has 0 bridgehead atoms. The normalized spacial score (nSPS) is 19.2. The maximum Gasteiger partial charge on any atom is 0.255 e. The molecular weight excluding hydrogens is 346 g/mol. The fourth-order valence-electron chi connectivity index (χ4n) is 3.61. The summed E-state index contributed by atoms with van der Waals surface area (Å²) in [6, 6.07) is 2.86. The van der Waals surface area contributed by atoms with Crippen LogP contribution in [0.2, 0.25) is 0 Å². The third-order valence-corrected chi connectivity index (χ3v) is 5.35. The van der Waals surface area contributed by atoms with Crippen LogP contribution in [0.1, 0.15) is 43.0 Å². The second-order valence-electron chi connectivity index (χ2n) is 7.38. The highest BCUT2D eigenvalue weighted by Crippen LogP contribution is 2.22. The van der Waals surface area contributed by atoms with Gasteiger partial charge < -0.3 is 20.9 Å². The van der Waals surface area contributed by atoms with Gasteiger partial charge in [0, 0.05) is 38.8 Å². The second kappa shape index (κ2) is 8.37. The Hall–Kier alpha value is -2.64. The number of nitrogens with one attached hydrogen (secondary N) is 1. The zero-order valence-corrected chi connectivity index (χ0v) is 15.7. The summed E-state index contributed by atoms with van der Waals surface area (Å²) in [4.78, 5) is 43.5. The van der Waals surface area contributed by atoms with Crippen LogP contribution in [0.15, 0.2) is 18.3 Å². The van der Waals surface area contributed by atoms with E-state index in [0.29, 0.717) is 36.8 Å². The van der Waals surface area contributed by atoms with Gasteiger partial charge in [0.15, 0.2) is 0 Å². The predicted molar refractivity (Wildman–Crippen MR) is 101 cm³/mol. The van der Waals surface area contributed by atoms with Crippen molar-refractivity contribution in [2.45, 2.75) is 38.6 Å². The largest absolute Gasteiger partial charge is 0.368 e. The molecule has 2 aliphatic heterocycles. The number of amides is 3. The second-order valence-corrected chi connectivity index (χ2v) is 7.38. The van der Waals surface area contributed by atoms with Gasteiger partial charge in [-0.1, -0.05) is 0 Å². The Morgan fingerprint density at radius 3 is 2.59 bits per heavy atom. The number of piperidine rings is 1. The molecule has 3 rings (SSSR count). The van der Waals surface area contributed by atoms with Gasteiger partial charge in [0.25, 0.3) is 5.91 Å². The maximum atomic E-state index is 12.7. The molecule has 2 aliphatic rings. The number of likely N-dealkylation sites (tertiary alicyclic amines) is 2. The number of anilines is 1. The van der Waals surface area contributed by atoms with Gasteiger partial charge in [-0.3, -0.25) is 14.4 Å². The van der Waals surface area contributed by atoms with Crippen molar-refractivity contribution in [1.29, 1.82) is 0 Å². The molecule has 27 heavy (non-hydrogen) atoms. The van der Waals surface area contributed by atoms with E-state index in [4.69, 9.17) is 5.73 Å². The highest BCUT2D eigenvalue weighted by atomic mass is 16.2. The number of aromatic nitrogens is 1. The smallest absolute Gasteiger partial charge is 0.255 e. The lowest BCUT2D eigenvalue weighted by atomic mass is 9.96. The Labute approximate surface area is 159 Å². The summed E-state index contributed by atoms with van der Waals surface area (Å²) in [5.41, 5.74) is 5.75. The number of nitrogens with zero attached hydrogens (tertiary/aromatic N) is 3. The van der Waals surface area contributed by atoms with Crippen molar-refractivity contribution in [3.63, 3.8) is 0 Å². The zero-order valence-electron chi connectivity index (χ0n) is 15.7. The lowest BCUT2D eigenvalue weighted by Gasteiger charge is -2.34. The molecule has 0 radical (unpaired) electrons. The van der Waals surface area contributed by atoms with E-state index < -0.39 is 11.9 Å². The van der Waals surface area contributed by atoms with E-state index in [1.54, 1.807) is 19.1 Å². The molecule has 8 heteroatoms. The molecule has 1 aromatic heterocycles. The minimum Gasteiger partial charge on any atom is -0.368 e. The first-order valence-corrected chi connectivity index (χ1v) is 9.53. The van der Waals surface area contributed by atoms with Gasteiger partial charge >= 0.3 is 0 Å². The quantitative estimate of drug-likeness (QED) is 0.768. The van der Waals surface area contributed by atoms with Crippen molar-refractivity contribution >= 4 is 23.5 Å². The minimum absolute atomic E-state index is 0.0345. The van der Waals surface area contributed by atoms with Crippen LogP contribution in [-0.4, -0.2) is 64.7 Å². The van der Waals surface area contributed by atoms with E-state index in [1.165, 1.54) is 6.20 Å². The molecule has 0 aliphatic carbocycles. The summed E-state index contributed by atoms with van der Waals surface area (Å²) in [5.74, 6) is 0.741. The third-order valence-electron chi connectivity index (χ3n) is 5.35. The molecule has 2 fully saturated rings. The van der Waals surface area contributed by atoms with Crippen LogP contribution < -0.4 is 11.1 Å². The van der Waals surface area contributed by atoms with Gasteiger partial charge in [-0.15, -0.1) is 0 Å². The van der Waals surface area contributed by atoms with E-state index in [9.17, 15) is 14.4 Å². The number of hydrogen-bond acceptors (Lipinski definition) is 5. The van der Waals surface area contributed by atoms with Crippen molar-refractivity contribution in [3.8, 4) is 0 Å². The fraction of sp³-hybridized carbons (Fsp3) is 0.579. The number of rotatable bonds is 6. The number of carbonyl (C=O) groups is 3. The summed E-state index contributed by atoms with van der Waals surface area (Å²) in [6.07, 6.45) is 4.99. The van der Waals surface area contributed by atoms with Crippen LogP contribution in [0.25, 0.3) is 0 Å². The van der Waals surface area contributed by atoms with Crippen LogP contribution in [0.5, 0.6) is 0 Å². The summed E-state index contributed by atoms with van der Waals surface area (Å²) < 4.78 is 0. The molecule has 8 nitrogen and oxygen atoms in total. The lowest BCUT2D eigenvalue weighted by molar-refractivity contribution is -0.128. The molecule has 3 N–H and O–H groups in total. The Balaban J connectivity index is 1.50. The Kier molecular flexibility index (Phi) is 5.93. The summed E-state index contributed by atoms with van der Waals surface area (Å²) in [7, 11) is 0. The highest BCUT2D eigenvalue weighted by Gasteiger charge is 2.28. The average molecular weight is 373 g/mol. The molecule has 3 amide bonds. The van der Waals surface area contributed by atoms with Crippen LogP contribution in [0.3, 0.4) is 0 Å². The molecular formula is C19H27N5O3. The number of carbonyl (C=O) groups excluding carboxylic acids is 3. The minimum atomic E-state index is -0.527. The van der Waals surface area contributed by atoms with Crippen molar-refractivity contribution in [2.24, 2.45) is 11.7 Å². The zero-order chi connectivity index (χ0) is 19.4. The first kappa shape index (κ1) is 19.1. The number of primary amides is 1. The van der Waals surface area contributed by atoms with Gasteiger partial charge in [-0.2, -0.15) is 0 Å². The molecule has 0 aromatic carbocycles. The number of nitrogens with two attached hydrogens (primary N) is 1. The van der Waals surface area contributed by atoms with E-state index >= 15 is 0 Å². The molecule has 3 heterocycles. The summed E-state index contributed by atoms with van der Waals surface area (Å²) >= 11 is 0. The van der Waals surface area contributed by atoms with Gasteiger partial charge in [0.05, 0.1) is 5.56 Å². The highest BCUT2D eigenvalue weighted by molar-refractivity contribution is 5.94. The molecule has 0 spiro atoms. The summed E-state index contributed by atoms with van der Waals surface area (Å²) in [6.45, 7) is 4.75. The Bertz CT molecular complexity index is 698. The topological polar surface area (TPSA) is 109 Å². The third kappa shape index (κ3) is 4.75. The lowest BCUT2D eigenvalue weighted by Crippen LogP contribution is -2.41. The molecule has 146 valence electrons. The molecule has 0 saturated carbocycles.